The van der Waals surface area contributed by atoms with Crippen molar-refractivity contribution in [1.29, 1.82) is 0 Å². The zero-order chi connectivity index (χ0) is 32.2. The highest BCUT2D eigenvalue weighted by Crippen LogP contribution is 2.32. The van der Waals surface area contributed by atoms with E-state index < -0.39 is 73.5 Å². The molecule has 2 aliphatic heterocycles. The zero-order valence-electron chi connectivity index (χ0n) is 23.7. The van der Waals surface area contributed by atoms with Crippen molar-refractivity contribution in [3.05, 3.63) is 53.1 Å². The van der Waals surface area contributed by atoms with Gasteiger partial charge >= 0.3 is 6.09 Å². The SMILES string of the molecule is CCOC(=O)N1CCN(CCS(=O)(=O)N2CCN(S(=O)(=O)c3cc(F)c(Oc4ccc(Cl)cc4)c(F)c3)[C@@H](C(N)=O)C2)CC1. The molecule has 0 saturated carbocycles. The van der Waals surface area contributed by atoms with E-state index in [2.05, 4.69) is 0 Å². The first kappa shape index (κ1) is 33.8. The van der Waals surface area contributed by atoms with E-state index in [1.54, 1.807) is 6.92 Å². The number of benzene rings is 2. The van der Waals surface area contributed by atoms with Crippen LogP contribution < -0.4 is 10.5 Å². The van der Waals surface area contributed by atoms with Crippen molar-refractivity contribution in [3.63, 3.8) is 0 Å². The quantitative estimate of drug-likeness (QED) is 0.394. The summed E-state index contributed by atoms with van der Waals surface area (Å²) >= 11 is 5.80. The minimum Gasteiger partial charge on any atom is -0.451 e. The third-order valence-electron chi connectivity index (χ3n) is 7.19. The fourth-order valence-electron chi connectivity index (χ4n) is 4.79. The van der Waals surface area contributed by atoms with Gasteiger partial charge in [0, 0.05) is 57.4 Å². The van der Waals surface area contributed by atoms with Gasteiger partial charge in [0.15, 0.2) is 17.4 Å². The second kappa shape index (κ2) is 13.9. The highest BCUT2D eigenvalue weighted by atomic mass is 35.5. The minimum absolute atomic E-state index is 0.0489. The Balaban J connectivity index is 1.43. The number of nitrogens with two attached hydrogens (primary N) is 1. The van der Waals surface area contributed by atoms with Gasteiger partial charge in [-0.15, -0.1) is 0 Å². The van der Waals surface area contributed by atoms with Gasteiger partial charge < -0.3 is 20.1 Å². The van der Waals surface area contributed by atoms with E-state index in [1.807, 2.05) is 4.90 Å². The molecule has 2 heterocycles. The Hall–Kier alpha value is -3.09. The Labute approximate surface area is 259 Å². The third-order valence-corrected chi connectivity index (χ3v) is 11.1. The van der Waals surface area contributed by atoms with Crippen molar-refractivity contribution in [2.45, 2.75) is 17.9 Å². The predicted octanol–water partition coefficient (Wildman–Crippen LogP) is 1.67. The summed E-state index contributed by atoms with van der Waals surface area (Å²) in [5.74, 6) is -4.90. The zero-order valence-corrected chi connectivity index (χ0v) is 26.1. The summed E-state index contributed by atoms with van der Waals surface area (Å²) in [7, 11) is -8.66. The Morgan fingerprint density at radius 3 is 2.16 bits per heavy atom. The number of rotatable bonds is 10. The summed E-state index contributed by atoms with van der Waals surface area (Å²) in [6.45, 7) is 2.32. The van der Waals surface area contributed by atoms with Crippen LogP contribution in [0.15, 0.2) is 41.3 Å². The molecule has 44 heavy (non-hydrogen) atoms. The molecule has 0 spiro atoms. The molecule has 18 heteroatoms. The largest absolute Gasteiger partial charge is 0.451 e. The van der Waals surface area contributed by atoms with Crippen molar-refractivity contribution < 1.29 is 44.7 Å². The summed E-state index contributed by atoms with van der Waals surface area (Å²) in [6, 6.07) is 5.06. The van der Waals surface area contributed by atoms with Crippen LogP contribution in [0, 0.1) is 11.6 Å². The number of piperazine rings is 2. The number of amides is 2. The molecular formula is C26H32ClF2N5O8S2. The van der Waals surface area contributed by atoms with E-state index in [0.29, 0.717) is 47.6 Å². The van der Waals surface area contributed by atoms with Gasteiger partial charge in [0.25, 0.3) is 0 Å². The lowest BCUT2D eigenvalue weighted by molar-refractivity contribution is -0.122. The molecule has 2 amide bonds. The van der Waals surface area contributed by atoms with Crippen LogP contribution in [0.4, 0.5) is 13.6 Å². The lowest BCUT2D eigenvalue weighted by atomic mass is 10.2. The molecule has 2 saturated heterocycles. The van der Waals surface area contributed by atoms with Crippen molar-refractivity contribution >= 4 is 43.6 Å². The van der Waals surface area contributed by atoms with Gasteiger partial charge in [0.1, 0.15) is 11.8 Å². The number of nitrogens with zero attached hydrogens (tertiary/aromatic N) is 4. The van der Waals surface area contributed by atoms with Crippen molar-refractivity contribution in [1.82, 2.24) is 18.4 Å². The predicted molar refractivity (Wildman–Crippen MR) is 155 cm³/mol. The number of carbonyl (C=O) groups is 2. The number of hydrogen-bond donors (Lipinski definition) is 1. The molecule has 2 aliphatic rings. The van der Waals surface area contributed by atoms with E-state index in [-0.39, 0.29) is 31.2 Å². The fourth-order valence-corrected chi connectivity index (χ4v) is 8.00. The monoisotopic (exact) mass is 679 g/mol. The van der Waals surface area contributed by atoms with Crippen molar-refractivity contribution in [2.24, 2.45) is 5.73 Å². The third kappa shape index (κ3) is 7.76. The summed E-state index contributed by atoms with van der Waals surface area (Å²) in [6.07, 6.45) is -0.433. The standard InChI is InChI=1S/C26H32ClF2N5O8S2/c1-2-41-26(36)32-9-7-31(8-10-32)13-14-43(37,38)33-11-12-34(23(17-33)25(30)35)44(39,40)20-15-21(28)24(22(29)16-20)42-19-5-3-18(27)4-6-19/h3-6,15-16,23H,2,7-14,17H2,1H3,(H2,30,35)/t23-/m1/s1. The Kier molecular flexibility index (Phi) is 10.7. The number of carbonyl (C=O) groups excluding carboxylic acids is 2. The smallest absolute Gasteiger partial charge is 0.409 e. The first-order valence-electron chi connectivity index (χ1n) is 13.6. The first-order chi connectivity index (χ1) is 20.7. The van der Waals surface area contributed by atoms with Gasteiger partial charge in [-0.05, 0) is 43.3 Å². The second-order valence-corrected chi connectivity index (χ2v) is 14.4. The average Bonchev–Trinajstić information content (AvgIpc) is 2.98. The summed E-state index contributed by atoms with van der Waals surface area (Å²) in [5, 5.41) is 0.363. The van der Waals surface area contributed by atoms with Gasteiger partial charge in [0.2, 0.25) is 26.0 Å². The molecule has 0 unspecified atom stereocenters. The van der Waals surface area contributed by atoms with Crippen molar-refractivity contribution in [3.8, 4) is 11.5 Å². The summed E-state index contributed by atoms with van der Waals surface area (Å²) in [5.41, 5.74) is 5.47. The fraction of sp³-hybridized carbons (Fsp3) is 0.462. The van der Waals surface area contributed by atoms with Crippen LogP contribution in [-0.4, -0.2) is 118 Å². The number of hydrogen-bond acceptors (Lipinski definition) is 9. The van der Waals surface area contributed by atoms with Crippen LogP contribution in [0.5, 0.6) is 11.5 Å². The highest BCUT2D eigenvalue weighted by Gasteiger charge is 2.43. The number of halogens is 3. The molecule has 1 atom stereocenters. The van der Waals surface area contributed by atoms with Crippen LogP contribution in [-0.2, 0) is 29.6 Å². The van der Waals surface area contributed by atoms with Gasteiger partial charge in [-0.25, -0.2) is 30.4 Å². The molecule has 0 aromatic heterocycles. The van der Waals surface area contributed by atoms with E-state index in [1.165, 1.54) is 29.2 Å². The molecule has 0 aliphatic carbocycles. The molecule has 0 bridgehead atoms. The number of sulfonamides is 2. The topological polar surface area (TPSA) is 160 Å². The molecular weight excluding hydrogens is 648 g/mol. The average molecular weight is 680 g/mol. The van der Waals surface area contributed by atoms with Crippen LogP contribution in [0.25, 0.3) is 0 Å². The summed E-state index contributed by atoms with van der Waals surface area (Å²) < 4.78 is 94.8. The van der Waals surface area contributed by atoms with Gasteiger partial charge in [-0.3, -0.25) is 9.69 Å². The molecule has 4 rings (SSSR count). The molecule has 13 nitrogen and oxygen atoms in total. The summed E-state index contributed by atoms with van der Waals surface area (Å²) in [4.78, 5) is 26.8. The maximum atomic E-state index is 14.9. The van der Waals surface area contributed by atoms with Gasteiger partial charge in [-0.2, -0.15) is 8.61 Å². The lowest BCUT2D eigenvalue weighted by Gasteiger charge is -2.39. The van der Waals surface area contributed by atoms with E-state index >= 15 is 0 Å². The Morgan fingerprint density at radius 2 is 1.59 bits per heavy atom. The maximum Gasteiger partial charge on any atom is 0.409 e. The molecule has 0 radical (unpaired) electrons. The molecule has 2 fully saturated rings. The highest BCUT2D eigenvalue weighted by molar-refractivity contribution is 7.89. The second-order valence-electron chi connectivity index (χ2n) is 10.0. The minimum atomic E-state index is -4.70. The van der Waals surface area contributed by atoms with E-state index in [9.17, 15) is 35.2 Å². The number of primary amides is 1. The van der Waals surface area contributed by atoms with Crippen LogP contribution in [0.3, 0.4) is 0 Å². The normalized spacial score (nSPS) is 19.1. The van der Waals surface area contributed by atoms with Gasteiger partial charge in [0.05, 0.1) is 17.3 Å². The molecule has 2 N–H and O–H groups in total. The van der Waals surface area contributed by atoms with Crippen LogP contribution >= 0.6 is 11.6 Å². The van der Waals surface area contributed by atoms with Gasteiger partial charge in [-0.1, -0.05) is 11.6 Å². The molecule has 242 valence electrons. The lowest BCUT2D eigenvalue weighted by Crippen LogP contribution is -2.61. The molecule has 2 aromatic carbocycles. The Bertz CT molecular complexity index is 1570. The first-order valence-corrected chi connectivity index (χ1v) is 17.0. The Morgan fingerprint density at radius 1 is 0.977 bits per heavy atom. The number of ether oxygens (including phenoxy) is 2. The molecule has 2 aromatic rings. The van der Waals surface area contributed by atoms with Crippen LogP contribution in [0.2, 0.25) is 5.02 Å². The van der Waals surface area contributed by atoms with E-state index in [4.69, 9.17) is 26.8 Å². The van der Waals surface area contributed by atoms with Crippen LogP contribution in [0.1, 0.15) is 6.92 Å². The maximum absolute atomic E-state index is 14.9. The van der Waals surface area contributed by atoms with Crippen molar-refractivity contribution in [2.75, 3.05) is 64.7 Å². The van der Waals surface area contributed by atoms with E-state index in [0.717, 1.165) is 4.31 Å².